The molecule has 1 amide bonds. The lowest BCUT2D eigenvalue weighted by Crippen LogP contribution is -2.32. The number of benzene rings is 1. The van der Waals surface area contributed by atoms with Crippen LogP contribution in [0.2, 0.25) is 0 Å². The first kappa shape index (κ1) is 16.4. The molecule has 1 aliphatic carbocycles. The van der Waals surface area contributed by atoms with E-state index >= 15 is 0 Å². The third-order valence-electron chi connectivity index (χ3n) is 4.57. The lowest BCUT2D eigenvalue weighted by atomic mass is 9.88. The molecule has 0 unspecified atom stereocenters. The molecule has 1 atom stereocenters. The molecule has 24 heavy (non-hydrogen) atoms. The molecular weight excluding hydrogens is 302 g/mol. The van der Waals surface area contributed by atoms with E-state index in [0.717, 1.165) is 47.3 Å². The Balaban J connectivity index is 1.77. The highest BCUT2D eigenvalue weighted by Crippen LogP contribution is 2.22. The van der Waals surface area contributed by atoms with Crippen molar-refractivity contribution in [3.63, 3.8) is 0 Å². The Morgan fingerprint density at radius 2 is 2.12 bits per heavy atom. The van der Waals surface area contributed by atoms with Gasteiger partial charge in [0.05, 0.1) is 5.69 Å². The van der Waals surface area contributed by atoms with Gasteiger partial charge >= 0.3 is 0 Å². The highest BCUT2D eigenvalue weighted by molar-refractivity contribution is 5.91. The standard InChI is InChI=1S/C19H23N3O2/c1-12-5-7-16-15(8-12)10-19(24)22(21-16)11-18(23)20-17-9-13(2)4-6-14(17)3/h4,6,9-10,12H,5,7-8,11H2,1-3H3,(H,20,23)/t12-/m0/s1. The van der Waals surface area contributed by atoms with E-state index in [-0.39, 0.29) is 18.0 Å². The summed E-state index contributed by atoms with van der Waals surface area (Å²) in [5.41, 5.74) is 4.62. The smallest absolute Gasteiger partial charge is 0.267 e. The van der Waals surface area contributed by atoms with Crippen molar-refractivity contribution >= 4 is 11.6 Å². The van der Waals surface area contributed by atoms with Crippen LogP contribution in [0.4, 0.5) is 5.69 Å². The number of fused-ring (bicyclic) bond motifs is 1. The molecule has 0 fully saturated rings. The molecule has 3 rings (SSSR count). The summed E-state index contributed by atoms with van der Waals surface area (Å²) in [5.74, 6) is 0.351. The predicted molar refractivity (Wildman–Crippen MR) is 94.2 cm³/mol. The number of anilines is 1. The van der Waals surface area contributed by atoms with Crippen LogP contribution in [-0.2, 0) is 24.2 Å². The molecule has 0 aliphatic heterocycles. The van der Waals surface area contributed by atoms with Crippen molar-refractivity contribution in [1.82, 2.24) is 9.78 Å². The highest BCUT2D eigenvalue weighted by Gasteiger charge is 2.19. The molecule has 1 aliphatic rings. The van der Waals surface area contributed by atoms with E-state index in [1.165, 1.54) is 4.68 Å². The van der Waals surface area contributed by atoms with Crippen molar-refractivity contribution in [2.45, 2.75) is 46.6 Å². The number of amides is 1. The van der Waals surface area contributed by atoms with Gasteiger partial charge in [0.15, 0.2) is 0 Å². The Labute approximate surface area is 141 Å². The minimum absolute atomic E-state index is 0.0605. The average molecular weight is 325 g/mol. The molecule has 0 bridgehead atoms. The number of hydrogen-bond donors (Lipinski definition) is 1. The molecule has 0 radical (unpaired) electrons. The number of carbonyl (C=O) groups excluding carboxylic acids is 1. The molecule has 2 aromatic rings. The highest BCUT2D eigenvalue weighted by atomic mass is 16.2. The topological polar surface area (TPSA) is 64.0 Å². The summed E-state index contributed by atoms with van der Waals surface area (Å²) in [6, 6.07) is 7.54. The zero-order chi connectivity index (χ0) is 17.3. The van der Waals surface area contributed by atoms with Crippen LogP contribution < -0.4 is 10.9 Å². The fourth-order valence-corrected chi connectivity index (χ4v) is 3.12. The second-order valence-corrected chi connectivity index (χ2v) is 6.83. The maximum atomic E-state index is 12.3. The summed E-state index contributed by atoms with van der Waals surface area (Å²) >= 11 is 0. The normalized spacial score (nSPS) is 16.5. The second kappa shape index (κ2) is 6.59. The Morgan fingerprint density at radius 3 is 2.92 bits per heavy atom. The van der Waals surface area contributed by atoms with Crippen LogP contribution in [0.25, 0.3) is 0 Å². The third kappa shape index (κ3) is 3.55. The molecular formula is C19H23N3O2. The maximum Gasteiger partial charge on any atom is 0.267 e. The zero-order valence-electron chi connectivity index (χ0n) is 14.4. The predicted octanol–water partition coefficient (Wildman–Crippen LogP) is 2.62. The van der Waals surface area contributed by atoms with Gasteiger partial charge in [-0.25, -0.2) is 4.68 Å². The molecule has 1 heterocycles. The SMILES string of the molecule is Cc1ccc(C)c(NC(=O)Cn2nc3c(cc2=O)C[C@@H](C)CC3)c1. The summed E-state index contributed by atoms with van der Waals surface area (Å²) in [4.78, 5) is 24.5. The Hall–Kier alpha value is -2.43. The minimum atomic E-state index is -0.234. The van der Waals surface area contributed by atoms with E-state index < -0.39 is 0 Å². The quantitative estimate of drug-likeness (QED) is 0.943. The van der Waals surface area contributed by atoms with E-state index in [2.05, 4.69) is 17.3 Å². The van der Waals surface area contributed by atoms with Gasteiger partial charge in [-0.15, -0.1) is 0 Å². The number of aryl methyl sites for hydroxylation is 3. The lowest BCUT2D eigenvalue weighted by Gasteiger charge is -2.20. The molecule has 5 nitrogen and oxygen atoms in total. The van der Waals surface area contributed by atoms with Crippen LogP contribution in [-0.4, -0.2) is 15.7 Å². The summed E-state index contributed by atoms with van der Waals surface area (Å²) in [6.07, 6.45) is 2.84. The summed E-state index contributed by atoms with van der Waals surface area (Å²) < 4.78 is 1.27. The number of aromatic nitrogens is 2. The van der Waals surface area contributed by atoms with Crippen LogP contribution in [0.5, 0.6) is 0 Å². The summed E-state index contributed by atoms with van der Waals surface area (Å²) in [6.45, 7) is 6.05. The summed E-state index contributed by atoms with van der Waals surface area (Å²) in [7, 11) is 0. The second-order valence-electron chi connectivity index (χ2n) is 6.83. The number of nitrogens with zero attached hydrogens (tertiary/aromatic N) is 2. The van der Waals surface area contributed by atoms with Crippen molar-refractivity contribution in [1.29, 1.82) is 0 Å². The van der Waals surface area contributed by atoms with E-state index in [9.17, 15) is 9.59 Å². The monoisotopic (exact) mass is 325 g/mol. The van der Waals surface area contributed by atoms with Gasteiger partial charge in [0.25, 0.3) is 5.56 Å². The van der Waals surface area contributed by atoms with Gasteiger partial charge < -0.3 is 5.32 Å². The van der Waals surface area contributed by atoms with E-state index in [0.29, 0.717) is 5.92 Å². The third-order valence-corrected chi connectivity index (χ3v) is 4.57. The maximum absolute atomic E-state index is 12.3. The first-order valence-electron chi connectivity index (χ1n) is 8.39. The van der Waals surface area contributed by atoms with Gasteiger partial charge in [-0.3, -0.25) is 9.59 Å². The molecule has 1 aromatic carbocycles. The number of rotatable bonds is 3. The molecule has 0 saturated carbocycles. The van der Waals surface area contributed by atoms with Gasteiger partial charge in [0.2, 0.25) is 5.91 Å². The Bertz CT molecular complexity index is 839. The van der Waals surface area contributed by atoms with Gasteiger partial charge in [-0.05, 0) is 61.8 Å². The number of nitrogens with one attached hydrogen (secondary N) is 1. The van der Waals surface area contributed by atoms with Crippen molar-refractivity contribution in [3.05, 3.63) is 57.0 Å². The Morgan fingerprint density at radius 1 is 1.33 bits per heavy atom. The Kier molecular flexibility index (Phi) is 4.51. The number of hydrogen-bond acceptors (Lipinski definition) is 3. The number of carbonyl (C=O) groups is 1. The fourth-order valence-electron chi connectivity index (χ4n) is 3.12. The van der Waals surface area contributed by atoms with Crippen molar-refractivity contribution < 1.29 is 4.79 Å². The van der Waals surface area contributed by atoms with Crippen molar-refractivity contribution in [3.8, 4) is 0 Å². The molecule has 5 heteroatoms. The molecule has 0 spiro atoms. The minimum Gasteiger partial charge on any atom is -0.324 e. The van der Waals surface area contributed by atoms with Crippen LogP contribution in [0.3, 0.4) is 0 Å². The van der Waals surface area contributed by atoms with E-state index in [1.807, 2.05) is 32.0 Å². The lowest BCUT2D eigenvalue weighted by molar-refractivity contribution is -0.117. The zero-order valence-corrected chi connectivity index (χ0v) is 14.4. The average Bonchev–Trinajstić information content (AvgIpc) is 2.52. The van der Waals surface area contributed by atoms with Crippen LogP contribution >= 0.6 is 0 Å². The van der Waals surface area contributed by atoms with Gasteiger partial charge in [-0.2, -0.15) is 5.10 Å². The molecule has 1 N–H and O–H groups in total. The summed E-state index contributed by atoms with van der Waals surface area (Å²) in [5, 5.41) is 7.29. The van der Waals surface area contributed by atoms with Gasteiger partial charge in [-0.1, -0.05) is 19.1 Å². The van der Waals surface area contributed by atoms with Gasteiger partial charge in [0, 0.05) is 11.8 Å². The van der Waals surface area contributed by atoms with Crippen molar-refractivity contribution in [2.24, 2.45) is 5.92 Å². The fraction of sp³-hybridized carbons (Fsp3) is 0.421. The van der Waals surface area contributed by atoms with Gasteiger partial charge in [0.1, 0.15) is 6.54 Å². The largest absolute Gasteiger partial charge is 0.324 e. The molecule has 126 valence electrons. The van der Waals surface area contributed by atoms with Crippen molar-refractivity contribution in [2.75, 3.05) is 5.32 Å². The first-order chi connectivity index (χ1) is 11.4. The molecule has 1 aromatic heterocycles. The first-order valence-corrected chi connectivity index (χ1v) is 8.39. The van der Waals surface area contributed by atoms with Crippen LogP contribution in [0.15, 0.2) is 29.1 Å². The van der Waals surface area contributed by atoms with Crippen LogP contribution in [0.1, 0.15) is 35.7 Å². The van der Waals surface area contributed by atoms with E-state index in [1.54, 1.807) is 6.07 Å². The van der Waals surface area contributed by atoms with Crippen LogP contribution in [0, 0.1) is 19.8 Å². The molecule has 0 saturated heterocycles. The van der Waals surface area contributed by atoms with E-state index in [4.69, 9.17) is 0 Å².